The van der Waals surface area contributed by atoms with Crippen molar-refractivity contribution in [2.24, 2.45) is 5.92 Å². The summed E-state index contributed by atoms with van der Waals surface area (Å²) in [4.78, 5) is 29.5. The van der Waals surface area contributed by atoms with Crippen LogP contribution in [0.25, 0.3) is 0 Å². The molecule has 9 nitrogen and oxygen atoms in total. The Kier molecular flexibility index (Phi) is 7.52. The first-order valence-electron chi connectivity index (χ1n) is 10.7. The first-order chi connectivity index (χ1) is 15.2. The maximum absolute atomic E-state index is 13.2. The maximum Gasteiger partial charge on any atom is 0.277 e. The Morgan fingerprint density at radius 2 is 1.97 bits per heavy atom. The molecule has 1 aromatic heterocycles. The number of carbonyl (C=O) groups is 2. The molecule has 1 aliphatic heterocycles. The van der Waals surface area contributed by atoms with Gasteiger partial charge in [-0.05, 0) is 38.9 Å². The van der Waals surface area contributed by atoms with Crippen molar-refractivity contribution in [3.63, 3.8) is 0 Å². The van der Waals surface area contributed by atoms with Gasteiger partial charge < -0.3 is 24.2 Å². The minimum atomic E-state index is -0.400. The van der Waals surface area contributed by atoms with Crippen LogP contribution in [0.1, 0.15) is 40.5 Å². The van der Waals surface area contributed by atoms with Crippen LogP contribution in [0.15, 0.2) is 28.8 Å². The summed E-state index contributed by atoms with van der Waals surface area (Å²) >= 11 is 0. The lowest BCUT2D eigenvalue weighted by Gasteiger charge is -2.34. The molecular formula is C23H32N4O5. The number of rotatable bonds is 3. The number of aryl methyl sites for hydroxylation is 1. The van der Waals surface area contributed by atoms with E-state index in [0.29, 0.717) is 35.9 Å². The molecule has 1 N–H and O–H groups in total. The van der Waals surface area contributed by atoms with Crippen LogP contribution >= 0.6 is 0 Å². The van der Waals surface area contributed by atoms with E-state index in [4.69, 9.17) is 14.0 Å². The molecule has 1 aliphatic rings. The van der Waals surface area contributed by atoms with Gasteiger partial charge in [-0.3, -0.25) is 14.5 Å². The highest BCUT2D eigenvalue weighted by Gasteiger charge is 2.27. The highest BCUT2D eigenvalue weighted by molar-refractivity contribution is 6.03. The second-order valence-corrected chi connectivity index (χ2v) is 8.52. The number of hydrogen-bond donors (Lipinski definition) is 1. The molecule has 3 atom stereocenters. The molecule has 0 aliphatic carbocycles. The Morgan fingerprint density at radius 3 is 2.62 bits per heavy atom. The zero-order valence-electron chi connectivity index (χ0n) is 19.5. The highest BCUT2D eigenvalue weighted by Crippen LogP contribution is 2.27. The summed E-state index contributed by atoms with van der Waals surface area (Å²) in [5.74, 6) is 0.633. The monoisotopic (exact) mass is 444 g/mol. The summed E-state index contributed by atoms with van der Waals surface area (Å²) in [6, 6.07) is 6.69. The number of ether oxygens (including phenoxy) is 2. The van der Waals surface area contributed by atoms with E-state index in [-0.39, 0.29) is 29.7 Å². The number of methoxy groups -OCH3 is 1. The average Bonchev–Trinajstić information content (AvgIpc) is 3.20. The maximum atomic E-state index is 13.2. The summed E-state index contributed by atoms with van der Waals surface area (Å²) in [7, 11) is 5.48. The lowest BCUT2D eigenvalue weighted by Crippen LogP contribution is -2.45. The van der Waals surface area contributed by atoms with E-state index < -0.39 is 5.91 Å². The zero-order valence-corrected chi connectivity index (χ0v) is 19.5. The van der Waals surface area contributed by atoms with Crippen molar-refractivity contribution in [2.75, 3.05) is 46.2 Å². The van der Waals surface area contributed by atoms with Crippen molar-refractivity contribution in [3.8, 4) is 5.75 Å². The topological polar surface area (TPSA) is 97.1 Å². The molecular weight excluding hydrogens is 412 g/mol. The number of aromatic nitrogens is 1. The lowest BCUT2D eigenvalue weighted by atomic mass is 10.0. The molecule has 2 heterocycles. The summed E-state index contributed by atoms with van der Waals surface area (Å²) in [6.45, 7) is 7.58. The van der Waals surface area contributed by atoms with Gasteiger partial charge in [-0.15, -0.1) is 0 Å². The van der Waals surface area contributed by atoms with Crippen molar-refractivity contribution in [1.82, 2.24) is 15.0 Å². The molecule has 0 spiro atoms. The van der Waals surface area contributed by atoms with Gasteiger partial charge in [-0.1, -0.05) is 12.1 Å². The fourth-order valence-corrected chi connectivity index (χ4v) is 3.70. The van der Waals surface area contributed by atoms with Crippen LogP contribution in [-0.2, 0) is 4.74 Å². The predicted molar refractivity (Wildman–Crippen MR) is 120 cm³/mol. The summed E-state index contributed by atoms with van der Waals surface area (Å²) in [6.07, 6.45) is -0.0909. The zero-order chi connectivity index (χ0) is 23.4. The van der Waals surface area contributed by atoms with Gasteiger partial charge >= 0.3 is 0 Å². The van der Waals surface area contributed by atoms with E-state index in [1.165, 1.54) is 0 Å². The number of nitrogens with zero attached hydrogens (tertiary/aromatic N) is 3. The number of benzene rings is 1. The van der Waals surface area contributed by atoms with E-state index in [1.807, 2.05) is 0 Å². The molecule has 0 bridgehead atoms. The standard InChI is InChI=1S/C23H32N4O5/c1-14-11-26(4)15(2)13-31-20-10-17(24-22(28)19-9-16(3)32-25-19)7-8-18(20)23(29)27(5)12-21(14)30-6/h7-10,14-15,21H,11-13H2,1-6H3,(H,24,28)/t14-,15-,21+/m0/s1. The Balaban J connectivity index is 1.89. The first kappa shape index (κ1) is 23.7. The SMILES string of the molecule is CO[C@@H]1CN(C)C(=O)c2ccc(NC(=O)c3cc(C)on3)cc2OC[C@H](C)N(C)C[C@@H]1C. The van der Waals surface area contributed by atoms with Crippen molar-refractivity contribution in [2.45, 2.75) is 32.9 Å². The Morgan fingerprint density at radius 1 is 1.22 bits per heavy atom. The lowest BCUT2D eigenvalue weighted by molar-refractivity contribution is 0.0150. The van der Waals surface area contributed by atoms with E-state index in [1.54, 1.807) is 50.2 Å². The third kappa shape index (κ3) is 5.46. The number of fused-ring (bicyclic) bond motifs is 1. The minimum absolute atomic E-state index is 0.0909. The smallest absolute Gasteiger partial charge is 0.277 e. The molecule has 0 saturated heterocycles. The van der Waals surface area contributed by atoms with Crippen LogP contribution in [0.3, 0.4) is 0 Å². The largest absolute Gasteiger partial charge is 0.491 e. The molecule has 1 aromatic carbocycles. The fourth-order valence-electron chi connectivity index (χ4n) is 3.70. The molecule has 0 unspecified atom stereocenters. The van der Waals surface area contributed by atoms with Crippen LogP contribution in [0.2, 0.25) is 0 Å². The third-order valence-corrected chi connectivity index (χ3v) is 5.88. The number of amides is 2. The first-order valence-corrected chi connectivity index (χ1v) is 10.7. The van der Waals surface area contributed by atoms with E-state index in [9.17, 15) is 9.59 Å². The molecule has 3 rings (SSSR count). The van der Waals surface area contributed by atoms with Crippen LogP contribution in [0, 0.1) is 12.8 Å². The molecule has 0 fully saturated rings. The second kappa shape index (κ2) is 10.1. The van der Waals surface area contributed by atoms with Crippen LogP contribution in [-0.4, -0.2) is 79.8 Å². The normalized spacial score (nSPS) is 23.0. The molecule has 9 heteroatoms. The van der Waals surface area contributed by atoms with Crippen molar-refractivity contribution < 1.29 is 23.6 Å². The summed E-state index contributed by atoms with van der Waals surface area (Å²) < 4.78 is 16.7. The molecule has 32 heavy (non-hydrogen) atoms. The van der Waals surface area contributed by atoms with Crippen LogP contribution < -0.4 is 10.1 Å². The van der Waals surface area contributed by atoms with Gasteiger partial charge in [-0.25, -0.2) is 0 Å². The van der Waals surface area contributed by atoms with Crippen LogP contribution in [0.5, 0.6) is 5.75 Å². The fraction of sp³-hybridized carbons (Fsp3) is 0.522. The van der Waals surface area contributed by atoms with Crippen molar-refractivity contribution in [3.05, 3.63) is 41.3 Å². The van der Waals surface area contributed by atoms with Crippen molar-refractivity contribution in [1.29, 1.82) is 0 Å². The van der Waals surface area contributed by atoms with E-state index in [0.717, 1.165) is 6.54 Å². The molecule has 0 saturated carbocycles. The van der Waals surface area contributed by atoms with Gasteiger partial charge in [0.05, 0.1) is 11.7 Å². The number of anilines is 1. The Bertz CT molecular complexity index is 960. The number of likely N-dealkylation sites (N-methyl/N-ethyl adjacent to an activating group) is 2. The predicted octanol–water partition coefficient (Wildman–Crippen LogP) is 2.67. The Hall–Kier alpha value is -2.91. The van der Waals surface area contributed by atoms with Crippen molar-refractivity contribution >= 4 is 17.5 Å². The van der Waals surface area contributed by atoms with Gasteiger partial charge in [-0.2, -0.15) is 0 Å². The van der Waals surface area contributed by atoms with Gasteiger partial charge in [0, 0.05) is 51.1 Å². The molecule has 2 aromatic rings. The molecule has 0 radical (unpaired) electrons. The van der Waals surface area contributed by atoms with Gasteiger partial charge in [0.25, 0.3) is 11.8 Å². The Labute approximate surface area is 188 Å². The van der Waals surface area contributed by atoms with E-state index >= 15 is 0 Å². The summed E-state index contributed by atoms with van der Waals surface area (Å²) in [5, 5.41) is 6.51. The number of nitrogens with one attached hydrogen (secondary N) is 1. The van der Waals surface area contributed by atoms with Gasteiger partial charge in [0.1, 0.15) is 18.1 Å². The average molecular weight is 445 g/mol. The number of carbonyl (C=O) groups excluding carboxylic acids is 2. The molecule has 174 valence electrons. The van der Waals surface area contributed by atoms with Gasteiger partial charge in [0.2, 0.25) is 0 Å². The minimum Gasteiger partial charge on any atom is -0.491 e. The quantitative estimate of drug-likeness (QED) is 0.777. The van der Waals surface area contributed by atoms with Crippen LogP contribution in [0.4, 0.5) is 5.69 Å². The highest BCUT2D eigenvalue weighted by atomic mass is 16.5. The third-order valence-electron chi connectivity index (χ3n) is 5.88. The molecule has 2 amide bonds. The van der Waals surface area contributed by atoms with E-state index in [2.05, 4.69) is 36.3 Å². The second-order valence-electron chi connectivity index (χ2n) is 8.52. The number of hydrogen-bond acceptors (Lipinski definition) is 7. The summed E-state index contributed by atoms with van der Waals surface area (Å²) in [5.41, 5.74) is 1.11. The van der Waals surface area contributed by atoms with Gasteiger partial charge in [0.15, 0.2) is 5.69 Å².